The van der Waals surface area contributed by atoms with Gasteiger partial charge in [0.1, 0.15) is 5.01 Å². The van der Waals surface area contributed by atoms with E-state index in [9.17, 15) is 13.2 Å². The predicted molar refractivity (Wildman–Crippen MR) is 103 cm³/mol. The number of hydrogen-bond donors (Lipinski definition) is 1. The van der Waals surface area contributed by atoms with E-state index in [1.807, 2.05) is 24.8 Å². The average molecular weight is 410 g/mol. The lowest BCUT2D eigenvalue weighted by Gasteiger charge is -2.22. The zero-order valence-corrected chi connectivity index (χ0v) is 16.4. The second-order valence-electron chi connectivity index (χ2n) is 6.15. The number of nitrogens with one attached hydrogen (secondary N) is 1. The summed E-state index contributed by atoms with van der Waals surface area (Å²) in [6.07, 6.45) is 0. The van der Waals surface area contributed by atoms with E-state index in [0.717, 1.165) is 15.6 Å². The topological polar surface area (TPSA) is 105 Å². The highest BCUT2D eigenvalue weighted by Gasteiger charge is 2.33. The van der Waals surface area contributed by atoms with E-state index in [-0.39, 0.29) is 17.6 Å². The number of rotatable bonds is 3. The maximum Gasteiger partial charge on any atom is 0.257 e. The van der Waals surface area contributed by atoms with Crippen LogP contribution in [0.25, 0.3) is 0 Å². The molecule has 1 aromatic carbocycles. The van der Waals surface area contributed by atoms with Crippen LogP contribution in [0, 0.1) is 0 Å². The van der Waals surface area contributed by atoms with Gasteiger partial charge in [-0.2, -0.15) is 0 Å². The number of fused-ring (bicyclic) bond motifs is 3. The van der Waals surface area contributed by atoms with Crippen molar-refractivity contribution in [1.29, 1.82) is 0 Å². The lowest BCUT2D eigenvalue weighted by molar-refractivity contribution is 0.102. The normalized spacial score (nSPS) is 17.7. The lowest BCUT2D eigenvalue weighted by Crippen LogP contribution is -2.35. The molecule has 3 heterocycles. The molecule has 1 N–H and O–H groups in total. The van der Waals surface area contributed by atoms with Crippen LogP contribution in [0.2, 0.25) is 0 Å². The highest BCUT2D eigenvalue weighted by atomic mass is 32.2. The molecular formula is C15H15N5O3S3. The monoisotopic (exact) mass is 409 g/mol. The third-order valence-corrected chi connectivity index (χ3v) is 7.34. The van der Waals surface area contributed by atoms with Crippen LogP contribution in [0.5, 0.6) is 0 Å². The molecule has 8 nitrogen and oxygen atoms in total. The fourth-order valence-corrected chi connectivity index (χ4v) is 5.60. The maximum absolute atomic E-state index is 12.5. The number of aromatic nitrogens is 2. The number of benzene rings is 1. The molecule has 0 bridgehead atoms. The molecule has 4 rings (SSSR count). The molecule has 26 heavy (non-hydrogen) atoms. The van der Waals surface area contributed by atoms with E-state index in [1.165, 1.54) is 23.1 Å². The van der Waals surface area contributed by atoms with Gasteiger partial charge >= 0.3 is 0 Å². The minimum absolute atomic E-state index is 0.00598. The van der Waals surface area contributed by atoms with Crippen molar-refractivity contribution >= 4 is 55.0 Å². The fourth-order valence-electron chi connectivity index (χ4n) is 2.56. The lowest BCUT2D eigenvalue weighted by atomic mass is 10.2. The summed E-state index contributed by atoms with van der Waals surface area (Å²) in [6, 6.07) is 5.27. The Balaban J connectivity index is 1.56. The Morgan fingerprint density at radius 2 is 2.12 bits per heavy atom. The average Bonchev–Trinajstić information content (AvgIpc) is 3.16. The SMILES string of the molecule is CC(C)c1nnc(NC(=O)c2ccc3c(c2)SC2=NS(=O)(=O)CCN23)s1. The molecule has 1 aromatic heterocycles. The second kappa shape index (κ2) is 6.32. The quantitative estimate of drug-likeness (QED) is 0.830. The van der Waals surface area contributed by atoms with Crippen molar-refractivity contribution in [3.8, 4) is 0 Å². The molecule has 0 unspecified atom stereocenters. The summed E-state index contributed by atoms with van der Waals surface area (Å²) in [4.78, 5) is 15.2. The summed E-state index contributed by atoms with van der Waals surface area (Å²) in [5.74, 6) is -0.0307. The van der Waals surface area contributed by atoms with Gasteiger partial charge in [0.2, 0.25) is 5.13 Å². The van der Waals surface area contributed by atoms with Crippen LogP contribution < -0.4 is 10.2 Å². The first-order valence-corrected chi connectivity index (χ1v) is 11.1. The summed E-state index contributed by atoms with van der Waals surface area (Å²) >= 11 is 2.61. The van der Waals surface area contributed by atoms with E-state index in [0.29, 0.717) is 22.4 Å². The highest BCUT2D eigenvalue weighted by molar-refractivity contribution is 8.15. The van der Waals surface area contributed by atoms with Gasteiger partial charge in [0.05, 0.1) is 11.4 Å². The molecular weight excluding hydrogens is 394 g/mol. The van der Waals surface area contributed by atoms with E-state index in [4.69, 9.17) is 0 Å². The van der Waals surface area contributed by atoms with Gasteiger partial charge in [-0.05, 0) is 30.0 Å². The molecule has 0 fully saturated rings. The van der Waals surface area contributed by atoms with Crippen LogP contribution in [0.15, 0.2) is 27.5 Å². The van der Waals surface area contributed by atoms with Gasteiger partial charge in [-0.15, -0.1) is 14.6 Å². The number of carbonyl (C=O) groups is 1. The van der Waals surface area contributed by atoms with Crippen molar-refractivity contribution in [3.05, 3.63) is 28.8 Å². The van der Waals surface area contributed by atoms with Crippen LogP contribution in [-0.2, 0) is 10.0 Å². The molecule has 1 amide bonds. The van der Waals surface area contributed by atoms with Gasteiger partial charge in [-0.3, -0.25) is 10.1 Å². The van der Waals surface area contributed by atoms with E-state index in [1.54, 1.807) is 12.1 Å². The van der Waals surface area contributed by atoms with Crippen molar-refractivity contribution in [3.63, 3.8) is 0 Å². The van der Waals surface area contributed by atoms with Crippen molar-refractivity contribution in [2.45, 2.75) is 24.7 Å². The Morgan fingerprint density at radius 1 is 1.31 bits per heavy atom. The molecule has 0 saturated carbocycles. The van der Waals surface area contributed by atoms with E-state index < -0.39 is 10.0 Å². The third-order valence-electron chi connectivity index (χ3n) is 3.89. The Labute approximate surface area is 158 Å². The first-order valence-electron chi connectivity index (χ1n) is 7.89. The van der Waals surface area contributed by atoms with Crippen molar-refractivity contribution in [1.82, 2.24) is 10.2 Å². The Bertz CT molecular complexity index is 1030. The number of anilines is 2. The summed E-state index contributed by atoms with van der Waals surface area (Å²) < 4.78 is 27.2. The molecule has 2 aliphatic rings. The Morgan fingerprint density at radius 3 is 2.85 bits per heavy atom. The molecule has 0 saturated heterocycles. The molecule has 11 heteroatoms. The maximum atomic E-state index is 12.5. The number of hydrogen-bond acceptors (Lipinski definition) is 8. The Kier molecular flexibility index (Phi) is 4.24. The molecule has 0 spiro atoms. The minimum atomic E-state index is -3.39. The summed E-state index contributed by atoms with van der Waals surface area (Å²) in [7, 11) is -3.39. The molecule has 0 aliphatic carbocycles. The number of amides is 1. The minimum Gasteiger partial charge on any atom is -0.318 e. The molecule has 136 valence electrons. The first-order chi connectivity index (χ1) is 12.3. The molecule has 2 aromatic rings. The fraction of sp³-hybridized carbons (Fsp3) is 0.333. The number of sulfonamides is 1. The smallest absolute Gasteiger partial charge is 0.257 e. The molecule has 0 atom stereocenters. The van der Waals surface area contributed by atoms with Gasteiger partial charge in [0.25, 0.3) is 15.9 Å². The van der Waals surface area contributed by atoms with Crippen LogP contribution in [-0.4, -0.2) is 42.0 Å². The zero-order chi connectivity index (χ0) is 18.5. The van der Waals surface area contributed by atoms with E-state index in [2.05, 4.69) is 19.9 Å². The number of carbonyl (C=O) groups excluding carboxylic acids is 1. The van der Waals surface area contributed by atoms with Crippen molar-refractivity contribution < 1.29 is 13.2 Å². The number of thioether (sulfide) groups is 1. The number of amidine groups is 1. The highest BCUT2D eigenvalue weighted by Crippen LogP contribution is 2.42. The standard InChI is InChI=1S/C15H15N5O3S3/c1-8(2)13-17-18-14(25-13)16-12(21)9-3-4-10-11(7-9)24-15-19-26(22,23)6-5-20(10)15/h3-4,7-8H,5-6H2,1-2H3,(H,16,18,21). The Hall–Kier alpha value is -1.98. The van der Waals surface area contributed by atoms with Gasteiger partial charge < -0.3 is 4.90 Å². The number of nitrogens with zero attached hydrogens (tertiary/aromatic N) is 4. The summed E-state index contributed by atoms with van der Waals surface area (Å²) in [5, 5.41) is 12.6. The van der Waals surface area contributed by atoms with Crippen LogP contribution in [0.3, 0.4) is 0 Å². The first kappa shape index (κ1) is 17.4. The van der Waals surface area contributed by atoms with Gasteiger partial charge in [0, 0.05) is 22.9 Å². The van der Waals surface area contributed by atoms with E-state index >= 15 is 0 Å². The van der Waals surface area contributed by atoms with Crippen molar-refractivity contribution in [2.75, 3.05) is 22.5 Å². The molecule has 0 radical (unpaired) electrons. The summed E-state index contributed by atoms with van der Waals surface area (Å²) in [6.45, 7) is 4.40. The van der Waals surface area contributed by atoms with Gasteiger partial charge in [-0.25, -0.2) is 8.42 Å². The zero-order valence-electron chi connectivity index (χ0n) is 14.0. The summed E-state index contributed by atoms with van der Waals surface area (Å²) in [5.41, 5.74) is 1.35. The van der Waals surface area contributed by atoms with Crippen molar-refractivity contribution in [2.24, 2.45) is 4.40 Å². The third kappa shape index (κ3) is 3.21. The molecule has 2 aliphatic heterocycles. The van der Waals surface area contributed by atoms with Crippen LogP contribution >= 0.6 is 23.1 Å². The van der Waals surface area contributed by atoms with Gasteiger partial charge in [0.15, 0.2) is 5.17 Å². The van der Waals surface area contributed by atoms with Crippen LogP contribution in [0.1, 0.15) is 35.1 Å². The second-order valence-corrected chi connectivity index (χ2v) is 9.92. The largest absolute Gasteiger partial charge is 0.318 e. The predicted octanol–water partition coefficient (Wildman–Crippen LogP) is 2.53. The van der Waals surface area contributed by atoms with Crippen LogP contribution in [0.4, 0.5) is 10.8 Å². The van der Waals surface area contributed by atoms with Gasteiger partial charge in [-0.1, -0.05) is 25.2 Å².